The van der Waals surface area contributed by atoms with Crippen molar-refractivity contribution in [3.63, 3.8) is 0 Å². The number of rotatable bonds is 7. The topological polar surface area (TPSA) is 79.0 Å². The maximum Gasteiger partial charge on any atom is 0.252 e. The minimum Gasteiger partial charge on any atom is -0.497 e. The van der Waals surface area contributed by atoms with Gasteiger partial charge in [0.05, 0.1) is 13.7 Å². The monoisotopic (exact) mass is 437 g/mol. The SMILES string of the molecule is COc1ccc(CN2CCCN(S(=O)(=O)c3ccc(CNC(C)=O)s3)CC2)cc1. The predicted molar refractivity (Wildman–Crippen MR) is 113 cm³/mol. The number of hydrogen-bond acceptors (Lipinski definition) is 6. The fourth-order valence-electron chi connectivity index (χ4n) is 3.27. The summed E-state index contributed by atoms with van der Waals surface area (Å²) in [5.41, 5.74) is 1.18. The van der Waals surface area contributed by atoms with Gasteiger partial charge in [0.2, 0.25) is 5.91 Å². The summed E-state index contributed by atoms with van der Waals surface area (Å²) in [6.07, 6.45) is 0.791. The molecular formula is C20H27N3O4S2. The van der Waals surface area contributed by atoms with Crippen LogP contribution < -0.4 is 10.1 Å². The lowest BCUT2D eigenvalue weighted by Gasteiger charge is -2.21. The molecule has 9 heteroatoms. The van der Waals surface area contributed by atoms with Gasteiger partial charge in [-0.25, -0.2) is 8.42 Å². The van der Waals surface area contributed by atoms with Crippen LogP contribution in [-0.2, 0) is 27.9 Å². The number of thiophene rings is 1. The molecule has 29 heavy (non-hydrogen) atoms. The van der Waals surface area contributed by atoms with E-state index in [4.69, 9.17) is 4.74 Å². The van der Waals surface area contributed by atoms with Crippen molar-refractivity contribution in [1.82, 2.24) is 14.5 Å². The van der Waals surface area contributed by atoms with Crippen LogP contribution in [0.2, 0.25) is 0 Å². The maximum absolute atomic E-state index is 13.0. The fourth-order valence-corrected chi connectivity index (χ4v) is 6.19. The smallest absolute Gasteiger partial charge is 0.252 e. The van der Waals surface area contributed by atoms with Gasteiger partial charge in [-0.15, -0.1) is 11.3 Å². The lowest BCUT2D eigenvalue weighted by atomic mass is 10.2. The van der Waals surface area contributed by atoms with E-state index in [2.05, 4.69) is 10.2 Å². The van der Waals surface area contributed by atoms with Crippen molar-refractivity contribution in [3.8, 4) is 5.75 Å². The number of carbonyl (C=O) groups excluding carboxylic acids is 1. The molecule has 1 saturated heterocycles. The van der Waals surface area contributed by atoms with Gasteiger partial charge < -0.3 is 10.1 Å². The van der Waals surface area contributed by atoms with Crippen molar-refractivity contribution in [3.05, 3.63) is 46.8 Å². The number of nitrogens with zero attached hydrogens (tertiary/aromatic N) is 2. The summed E-state index contributed by atoms with van der Waals surface area (Å²) in [4.78, 5) is 14.2. The molecule has 1 fully saturated rings. The van der Waals surface area contributed by atoms with Gasteiger partial charge in [0.25, 0.3) is 10.0 Å². The van der Waals surface area contributed by atoms with Gasteiger partial charge in [-0.3, -0.25) is 9.69 Å². The van der Waals surface area contributed by atoms with E-state index < -0.39 is 10.0 Å². The molecule has 1 aromatic heterocycles. The molecule has 0 radical (unpaired) electrons. The molecule has 2 heterocycles. The third-order valence-electron chi connectivity index (χ3n) is 4.86. The summed E-state index contributed by atoms with van der Waals surface area (Å²) in [7, 11) is -1.86. The van der Waals surface area contributed by atoms with Crippen molar-refractivity contribution >= 4 is 27.3 Å². The van der Waals surface area contributed by atoms with Gasteiger partial charge in [-0.1, -0.05) is 12.1 Å². The standard InChI is InChI=1S/C20H27N3O4S2/c1-16(24)21-14-19-8-9-20(28-19)29(25,26)23-11-3-10-22(12-13-23)15-17-4-6-18(27-2)7-5-17/h4-9H,3,10-15H2,1-2H3,(H,21,24). The van der Waals surface area contributed by atoms with E-state index in [1.165, 1.54) is 23.8 Å². The van der Waals surface area contributed by atoms with Gasteiger partial charge in [0, 0.05) is 38.0 Å². The van der Waals surface area contributed by atoms with Crippen molar-refractivity contribution in [2.75, 3.05) is 33.3 Å². The highest BCUT2D eigenvalue weighted by Crippen LogP contribution is 2.26. The second kappa shape index (κ2) is 9.71. The molecule has 1 N–H and O–H groups in total. The molecule has 2 aromatic rings. The first-order valence-electron chi connectivity index (χ1n) is 9.57. The van der Waals surface area contributed by atoms with E-state index in [1.54, 1.807) is 23.5 Å². The average molecular weight is 438 g/mol. The number of methoxy groups -OCH3 is 1. The van der Waals surface area contributed by atoms with E-state index >= 15 is 0 Å². The van der Waals surface area contributed by atoms with Crippen LogP contribution in [0.4, 0.5) is 0 Å². The normalized spacial score (nSPS) is 16.3. The molecule has 3 rings (SSSR count). The summed E-state index contributed by atoms with van der Waals surface area (Å²) in [5, 5.41) is 2.70. The summed E-state index contributed by atoms with van der Waals surface area (Å²) in [6, 6.07) is 11.4. The Kier molecular flexibility index (Phi) is 7.28. The number of nitrogens with one attached hydrogen (secondary N) is 1. The zero-order valence-electron chi connectivity index (χ0n) is 16.8. The molecule has 158 valence electrons. The van der Waals surface area contributed by atoms with Gasteiger partial charge in [-0.2, -0.15) is 4.31 Å². The molecule has 0 spiro atoms. The maximum atomic E-state index is 13.0. The molecule has 1 aliphatic rings. The summed E-state index contributed by atoms with van der Waals surface area (Å²) in [6.45, 7) is 5.12. The van der Waals surface area contributed by atoms with Crippen LogP contribution in [0.25, 0.3) is 0 Å². The Balaban J connectivity index is 1.61. The fraction of sp³-hybridized carbons (Fsp3) is 0.450. The summed E-state index contributed by atoms with van der Waals surface area (Å²) in [5.74, 6) is 0.697. The van der Waals surface area contributed by atoms with E-state index in [1.807, 2.05) is 24.3 Å². The largest absolute Gasteiger partial charge is 0.497 e. The van der Waals surface area contributed by atoms with Crippen molar-refractivity contribution < 1.29 is 17.9 Å². The van der Waals surface area contributed by atoms with Gasteiger partial charge >= 0.3 is 0 Å². The molecule has 0 saturated carbocycles. The van der Waals surface area contributed by atoms with Crippen molar-refractivity contribution in [1.29, 1.82) is 0 Å². The Bertz CT molecular complexity index is 925. The molecule has 0 atom stereocenters. The summed E-state index contributed by atoms with van der Waals surface area (Å²) >= 11 is 1.22. The van der Waals surface area contributed by atoms with E-state index in [0.717, 1.165) is 30.1 Å². The Hall–Kier alpha value is -1.94. The van der Waals surface area contributed by atoms with Crippen LogP contribution in [-0.4, -0.2) is 56.8 Å². The summed E-state index contributed by atoms with van der Waals surface area (Å²) < 4.78 is 33.2. The highest BCUT2D eigenvalue weighted by atomic mass is 32.2. The highest BCUT2D eigenvalue weighted by Gasteiger charge is 2.28. The molecule has 0 unspecified atom stereocenters. The lowest BCUT2D eigenvalue weighted by molar-refractivity contribution is -0.119. The third kappa shape index (κ3) is 5.79. The van der Waals surface area contributed by atoms with E-state index in [9.17, 15) is 13.2 Å². The number of amides is 1. The molecule has 7 nitrogen and oxygen atoms in total. The van der Waals surface area contributed by atoms with Gasteiger partial charge in [0.15, 0.2) is 0 Å². The lowest BCUT2D eigenvalue weighted by Crippen LogP contribution is -2.34. The first kappa shape index (κ1) is 21.8. The number of carbonyl (C=O) groups is 1. The predicted octanol–water partition coefficient (Wildman–Crippen LogP) is 2.29. The zero-order valence-corrected chi connectivity index (χ0v) is 18.4. The second-order valence-electron chi connectivity index (χ2n) is 7.01. The number of sulfonamides is 1. The van der Waals surface area contributed by atoms with Crippen molar-refractivity contribution in [2.45, 2.75) is 30.6 Å². The number of ether oxygens (including phenoxy) is 1. The molecule has 0 aliphatic carbocycles. The molecule has 0 bridgehead atoms. The molecule has 1 amide bonds. The van der Waals surface area contributed by atoms with Crippen LogP contribution in [0.15, 0.2) is 40.6 Å². The third-order valence-corrected chi connectivity index (χ3v) is 8.31. The van der Waals surface area contributed by atoms with Crippen LogP contribution in [0.3, 0.4) is 0 Å². The quantitative estimate of drug-likeness (QED) is 0.719. The number of benzene rings is 1. The zero-order chi connectivity index (χ0) is 20.9. The first-order valence-corrected chi connectivity index (χ1v) is 11.8. The average Bonchev–Trinajstić information content (AvgIpc) is 3.07. The molecular weight excluding hydrogens is 410 g/mol. The van der Waals surface area contributed by atoms with Gasteiger partial charge in [-0.05, 0) is 42.8 Å². The van der Waals surface area contributed by atoms with E-state index in [0.29, 0.717) is 30.4 Å². The number of hydrogen-bond donors (Lipinski definition) is 1. The van der Waals surface area contributed by atoms with Crippen LogP contribution in [0.5, 0.6) is 5.75 Å². The van der Waals surface area contributed by atoms with Crippen molar-refractivity contribution in [2.24, 2.45) is 0 Å². The van der Waals surface area contributed by atoms with Gasteiger partial charge in [0.1, 0.15) is 9.96 Å². The first-order chi connectivity index (χ1) is 13.9. The Labute approximate surface area is 176 Å². The van der Waals surface area contributed by atoms with Crippen LogP contribution >= 0.6 is 11.3 Å². The van der Waals surface area contributed by atoms with Crippen LogP contribution in [0, 0.1) is 0 Å². The molecule has 1 aromatic carbocycles. The van der Waals surface area contributed by atoms with E-state index in [-0.39, 0.29) is 5.91 Å². The highest BCUT2D eigenvalue weighted by molar-refractivity contribution is 7.91. The van der Waals surface area contributed by atoms with Crippen LogP contribution in [0.1, 0.15) is 23.8 Å². The Morgan fingerprint density at radius 3 is 2.55 bits per heavy atom. The second-order valence-corrected chi connectivity index (χ2v) is 10.3. The minimum atomic E-state index is -3.51. The molecule has 1 aliphatic heterocycles. The Morgan fingerprint density at radius 2 is 1.86 bits per heavy atom. The minimum absolute atomic E-state index is 0.132. The Morgan fingerprint density at radius 1 is 1.10 bits per heavy atom.